The minimum Gasteiger partial charge on any atom is -0.346 e. The number of amides is 1. The molecule has 0 spiro atoms. The van der Waals surface area contributed by atoms with Crippen LogP contribution in [0.1, 0.15) is 24.4 Å². The summed E-state index contributed by atoms with van der Waals surface area (Å²) in [5, 5.41) is 1.23. The molecule has 1 fully saturated rings. The van der Waals surface area contributed by atoms with Crippen molar-refractivity contribution in [2.45, 2.75) is 25.4 Å². The maximum Gasteiger partial charge on any atom is 0.244 e. The molecule has 0 radical (unpaired) electrons. The van der Waals surface area contributed by atoms with E-state index in [-0.39, 0.29) is 11.9 Å². The summed E-state index contributed by atoms with van der Waals surface area (Å²) >= 11 is 0. The zero-order chi connectivity index (χ0) is 18.6. The molecule has 1 saturated heterocycles. The monoisotopic (exact) mass is 362 g/mol. The maximum atomic E-state index is 13.3. The van der Waals surface area contributed by atoms with E-state index in [1.165, 1.54) is 10.9 Å². The van der Waals surface area contributed by atoms with Crippen LogP contribution in [0, 0.1) is 0 Å². The van der Waals surface area contributed by atoms with Crippen molar-refractivity contribution in [3.8, 4) is 0 Å². The van der Waals surface area contributed by atoms with E-state index in [9.17, 15) is 4.79 Å². The number of para-hydroxylation sites is 1. The third-order valence-electron chi connectivity index (χ3n) is 5.47. The third-order valence-corrected chi connectivity index (χ3v) is 5.47. The first-order valence-corrected chi connectivity index (χ1v) is 9.67. The van der Waals surface area contributed by atoms with Crippen molar-refractivity contribution in [1.82, 2.24) is 19.4 Å². The molecule has 0 N–H and O–H groups in total. The summed E-state index contributed by atoms with van der Waals surface area (Å²) in [7, 11) is 1.91. The molecule has 2 aromatic heterocycles. The molecule has 140 valence electrons. The minimum atomic E-state index is -0.229. The second-order valence-electron chi connectivity index (χ2n) is 7.26. The Morgan fingerprint density at radius 1 is 1.15 bits per heavy atom. The molecule has 0 bridgehead atoms. The van der Waals surface area contributed by atoms with Crippen molar-refractivity contribution in [1.29, 1.82) is 0 Å². The van der Waals surface area contributed by atoms with Crippen molar-refractivity contribution in [3.63, 3.8) is 0 Å². The Morgan fingerprint density at radius 2 is 1.96 bits per heavy atom. The summed E-state index contributed by atoms with van der Waals surface area (Å²) in [6.45, 7) is 3.42. The number of benzene rings is 1. The van der Waals surface area contributed by atoms with Gasteiger partial charge >= 0.3 is 0 Å². The molecular weight excluding hydrogens is 336 g/mol. The van der Waals surface area contributed by atoms with Crippen LogP contribution in [0.4, 0.5) is 0 Å². The summed E-state index contributed by atoms with van der Waals surface area (Å²) in [5.41, 5.74) is 2.20. The lowest BCUT2D eigenvalue weighted by atomic mass is 10.1. The molecule has 5 nitrogen and oxygen atoms in total. The van der Waals surface area contributed by atoms with Gasteiger partial charge in [-0.25, -0.2) is 0 Å². The molecule has 4 rings (SSSR count). The summed E-state index contributed by atoms with van der Waals surface area (Å²) in [5.74, 6) is 0.154. The van der Waals surface area contributed by atoms with E-state index >= 15 is 0 Å². The Bertz CT molecular complexity index is 899. The number of hydrogen-bond acceptors (Lipinski definition) is 3. The van der Waals surface area contributed by atoms with E-state index in [1.807, 2.05) is 30.3 Å². The van der Waals surface area contributed by atoms with Gasteiger partial charge in [0.05, 0.1) is 0 Å². The lowest BCUT2D eigenvalue weighted by Gasteiger charge is -2.30. The fraction of sp³-hybridized carbons (Fsp3) is 0.364. The topological polar surface area (TPSA) is 41.4 Å². The van der Waals surface area contributed by atoms with Gasteiger partial charge in [0.1, 0.15) is 6.04 Å². The fourth-order valence-corrected chi connectivity index (χ4v) is 3.96. The molecule has 1 atom stereocenters. The van der Waals surface area contributed by atoms with E-state index in [2.05, 4.69) is 51.0 Å². The number of rotatable bonds is 6. The van der Waals surface area contributed by atoms with Crippen LogP contribution in [0.3, 0.4) is 0 Å². The molecule has 27 heavy (non-hydrogen) atoms. The first kappa shape index (κ1) is 17.7. The molecule has 0 saturated carbocycles. The molecule has 1 aliphatic rings. The molecule has 5 heteroatoms. The Balaban J connectivity index is 1.49. The Kier molecular flexibility index (Phi) is 5.21. The molecule has 0 aliphatic carbocycles. The van der Waals surface area contributed by atoms with Gasteiger partial charge in [-0.05, 0) is 55.1 Å². The summed E-state index contributed by atoms with van der Waals surface area (Å²) in [4.78, 5) is 21.7. The number of aromatic nitrogens is 2. The smallest absolute Gasteiger partial charge is 0.244 e. The van der Waals surface area contributed by atoms with Crippen molar-refractivity contribution in [2.75, 3.05) is 26.7 Å². The molecule has 3 aromatic rings. The largest absolute Gasteiger partial charge is 0.346 e. The average Bonchev–Trinajstić information content (AvgIpc) is 3.37. The molecule has 1 aliphatic heterocycles. The van der Waals surface area contributed by atoms with Gasteiger partial charge in [0.15, 0.2) is 0 Å². The van der Waals surface area contributed by atoms with Crippen LogP contribution in [0.2, 0.25) is 0 Å². The van der Waals surface area contributed by atoms with Crippen LogP contribution in [0.5, 0.6) is 0 Å². The number of fused-ring (bicyclic) bond motifs is 1. The van der Waals surface area contributed by atoms with Crippen LogP contribution in [-0.4, -0.2) is 51.9 Å². The number of carbonyl (C=O) groups excluding carboxylic acids is 1. The van der Waals surface area contributed by atoms with E-state index in [0.717, 1.165) is 38.0 Å². The van der Waals surface area contributed by atoms with E-state index < -0.39 is 0 Å². The van der Waals surface area contributed by atoms with E-state index in [1.54, 1.807) is 6.20 Å². The number of hydrogen-bond donors (Lipinski definition) is 0. The quantitative estimate of drug-likeness (QED) is 0.675. The van der Waals surface area contributed by atoms with Gasteiger partial charge in [-0.3, -0.25) is 14.7 Å². The van der Waals surface area contributed by atoms with Crippen molar-refractivity contribution in [2.24, 2.45) is 0 Å². The second-order valence-corrected chi connectivity index (χ2v) is 7.26. The predicted octanol–water partition coefficient (Wildman–Crippen LogP) is 3.33. The van der Waals surface area contributed by atoms with Gasteiger partial charge in [-0.15, -0.1) is 0 Å². The van der Waals surface area contributed by atoms with E-state index in [0.29, 0.717) is 6.54 Å². The molecular formula is C22H26N4O. The van der Waals surface area contributed by atoms with Crippen molar-refractivity contribution >= 4 is 16.8 Å². The maximum absolute atomic E-state index is 13.3. The first-order valence-electron chi connectivity index (χ1n) is 9.67. The van der Waals surface area contributed by atoms with Gasteiger partial charge in [0.25, 0.3) is 0 Å². The Hall–Kier alpha value is -2.66. The van der Waals surface area contributed by atoms with E-state index in [4.69, 9.17) is 0 Å². The first-order chi connectivity index (χ1) is 13.2. The second kappa shape index (κ2) is 7.92. The highest BCUT2D eigenvalue weighted by atomic mass is 16.2. The van der Waals surface area contributed by atoms with Gasteiger partial charge in [0.2, 0.25) is 5.91 Å². The van der Waals surface area contributed by atoms with Gasteiger partial charge < -0.3 is 9.47 Å². The van der Waals surface area contributed by atoms with Crippen LogP contribution >= 0.6 is 0 Å². The zero-order valence-corrected chi connectivity index (χ0v) is 15.8. The van der Waals surface area contributed by atoms with Crippen molar-refractivity contribution < 1.29 is 4.79 Å². The zero-order valence-electron chi connectivity index (χ0n) is 15.8. The average molecular weight is 362 g/mol. The van der Waals surface area contributed by atoms with Crippen LogP contribution in [-0.2, 0) is 11.3 Å². The highest BCUT2D eigenvalue weighted by Crippen LogP contribution is 2.26. The minimum absolute atomic E-state index is 0.154. The molecule has 3 heterocycles. The Morgan fingerprint density at radius 3 is 2.74 bits per heavy atom. The van der Waals surface area contributed by atoms with Gasteiger partial charge in [-0.1, -0.05) is 24.3 Å². The fourth-order valence-electron chi connectivity index (χ4n) is 3.96. The molecule has 1 aromatic carbocycles. The number of likely N-dealkylation sites (tertiary alicyclic amines) is 1. The molecule has 1 unspecified atom stereocenters. The van der Waals surface area contributed by atoms with Crippen LogP contribution in [0.15, 0.2) is 61.1 Å². The lowest BCUT2D eigenvalue weighted by molar-refractivity contribution is -0.135. The number of pyridine rings is 1. The Labute approximate surface area is 160 Å². The summed E-state index contributed by atoms with van der Waals surface area (Å²) < 4.78 is 2.22. The lowest BCUT2D eigenvalue weighted by Crippen LogP contribution is -2.41. The highest BCUT2D eigenvalue weighted by molar-refractivity contribution is 5.83. The third kappa shape index (κ3) is 3.74. The predicted molar refractivity (Wildman–Crippen MR) is 107 cm³/mol. The summed E-state index contributed by atoms with van der Waals surface area (Å²) in [6, 6.07) is 14.2. The number of likely N-dealkylation sites (N-methyl/N-ethyl adjacent to an activating group) is 1. The number of nitrogens with zero attached hydrogens (tertiary/aromatic N) is 4. The standard InChI is InChI=1S/C22H26N4O/c1-24(15-16-25-14-10-18-7-2-3-9-20(18)25)22(27)21(26-12-4-5-13-26)19-8-6-11-23-17-19/h2-3,6-11,14,17,21H,4-5,12-13,15-16H2,1H3. The number of carbonyl (C=O) groups is 1. The summed E-state index contributed by atoms with van der Waals surface area (Å²) in [6.07, 6.45) is 8.00. The molecule has 1 amide bonds. The highest BCUT2D eigenvalue weighted by Gasteiger charge is 2.31. The van der Waals surface area contributed by atoms with Crippen LogP contribution < -0.4 is 0 Å². The van der Waals surface area contributed by atoms with Crippen molar-refractivity contribution in [3.05, 3.63) is 66.6 Å². The van der Waals surface area contributed by atoms with Crippen LogP contribution in [0.25, 0.3) is 10.9 Å². The normalized spacial score (nSPS) is 15.9. The van der Waals surface area contributed by atoms with Gasteiger partial charge in [0, 0.05) is 44.2 Å². The van der Waals surface area contributed by atoms with Gasteiger partial charge in [-0.2, -0.15) is 0 Å². The SMILES string of the molecule is CN(CCn1ccc2ccccc21)C(=O)C(c1cccnc1)N1CCCC1.